The maximum Gasteiger partial charge on any atom is 0.330 e. The zero-order chi connectivity index (χ0) is 14.8. The Kier molecular flexibility index (Phi) is 7.34. The second kappa shape index (κ2) is 9.08. The zero-order valence-electron chi connectivity index (χ0n) is 11.5. The predicted octanol–water partition coefficient (Wildman–Crippen LogP) is 1.15. The van der Waals surface area contributed by atoms with Crippen LogP contribution in [0, 0.1) is 5.21 Å². The van der Waals surface area contributed by atoms with Gasteiger partial charge in [-0.2, -0.15) is 5.23 Å². The number of esters is 1. The lowest BCUT2D eigenvalue weighted by molar-refractivity contribution is -0.992. The van der Waals surface area contributed by atoms with E-state index in [1.54, 1.807) is 24.3 Å². The minimum atomic E-state index is -0.413. The van der Waals surface area contributed by atoms with Crippen molar-refractivity contribution in [1.29, 1.82) is 0 Å². The Morgan fingerprint density at radius 2 is 1.95 bits per heavy atom. The summed E-state index contributed by atoms with van der Waals surface area (Å²) in [6, 6.07) is 6.72. The fourth-order valence-corrected chi connectivity index (χ4v) is 1.43. The van der Waals surface area contributed by atoms with Crippen molar-refractivity contribution in [3.63, 3.8) is 0 Å². The monoisotopic (exact) mass is 281 g/mol. The molecule has 6 nitrogen and oxygen atoms in total. The third kappa shape index (κ3) is 5.83. The molecule has 1 aromatic carbocycles. The van der Waals surface area contributed by atoms with E-state index in [0.29, 0.717) is 24.7 Å². The molecule has 1 unspecified atom stereocenters. The highest BCUT2D eigenvalue weighted by Gasteiger charge is 2.02. The van der Waals surface area contributed by atoms with Gasteiger partial charge in [-0.1, -0.05) is 6.58 Å². The van der Waals surface area contributed by atoms with Gasteiger partial charge in [-0.25, -0.2) is 9.63 Å². The van der Waals surface area contributed by atoms with Crippen molar-refractivity contribution in [3.8, 4) is 5.75 Å². The van der Waals surface area contributed by atoms with Crippen LogP contribution in [0.1, 0.15) is 12.8 Å². The average molecular weight is 281 g/mol. The molecule has 110 valence electrons. The number of benzene rings is 1. The van der Waals surface area contributed by atoms with Crippen LogP contribution < -0.4 is 9.96 Å². The summed E-state index contributed by atoms with van der Waals surface area (Å²) in [6.45, 7) is 4.18. The minimum Gasteiger partial charge on any atom is -0.595 e. The smallest absolute Gasteiger partial charge is 0.330 e. The van der Waals surface area contributed by atoms with E-state index in [0.717, 1.165) is 18.9 Å². The summed E-state index contributed by atoms with van der Waals surface area (Å²) in [5.74, 6) is 0.269. The summed E-state index contributed by atoms with van der Waals surface area (Å²) < 4.78 is 10.3. The number of hydrogen-bond donors (Lipinski definition) is 1. The molecule has 1 atom stereocenters. The van der Waals surface area contributed by atoms with E-state index in [1.165, 1.54) is 7.11 Å². The van der Waals surface area contributed by atoms with Crippen LogP contribution in [0.25, 0.3) is 0 Å². The zero-order valence-corrected chi connectivity index (χ0v) is 11.5. The number of rotatable bonds is 9. The first-order chi connectivity index (χ1) is 9.67. The topological polar surface area (TPSA) is 72.3 Å². The van der Waals surface area contributed by atoms with Gasteiger partial charge in [-0.3, -0.25) is 0 Å². The lowest BCUT2D eigenvalue weighted by Gasteiger charge is -2.16. The quantitative estimate of drug-likeness (QED) is 0.318. The Labute approximate surface area is 118 Å². The van der Waals surface area contributed by atoms with Crippen LogP contribution in [-0.4, -0.2) is 26.3 Å². The summed E-state index contributed by atoms with van der Waals surface area (Å²) in [6.07, 6.45) is 2.63. The Hall–Kier alpha value is -1.89. The highest BCUT2D eigenvalue weighted by Crippen LogP contribution is 2.13. The minimum absolute atomic E-state index is 0.357. The highest BCUT2D eigenvalue weighted by atomic mass is 16.9. The molecule has 0 spiro atoms. The summed E-state index contributed by atoms with van der Waals surface area (Å²) in [7, 11) is 1.34. The van der Waals surface area contributed by atoms with Gasteiger partial charge in [0.15, 0.2) is 5.69 Å². The van der Waals surface area contributed by atoms with Gasteiger partial charge in [-0.15, -0.1) is 0 Å². The molecule has 0 aromatic heterocycles. The van der Waals surface area contributed by atoms with Crippen molar-refractivity contribution >= 4 is 11.7 Å². The molecule has 0 heterocycles. The molecule has 1 N–H and O–H groups in total. The van der Waals surface area contributed by atoms with E-state index >= 15 is 0 Å². The lowest BCUT2D eigenvalue weighted by Crippen LogP contribution is -3.00. The van der Waals surface area contributed by atoms with Crippen LogP contribution in [0.5, 0.6) is 5.75 Å². The summed E-state index contributed by atoms with van der Waals surface area (Å²) >= 11 is 0. The van der Waals surface area contributed by atoms with Gasteiger partial charge in [0.05, 0.1) is 20.3 Å². The van der Waals surface area contributed by atoms with Crippen LogP contribution >= 0.6 is 0 Å². The molecular formula is C14H19NO5. The number of quaternary nitrogens is 1. The van der Waals surface area contributed by atoms with E-state index < -0.39 is 5.97 Å². The Balaban J connectivity index is 2.19. The molecule has 0 aliphatic rings. The predicted molar refractivity (Wildman–Crippen MR) is 73.3 cm³/mol. The first-order valence-electron chi connectivity index (χ1n) is 6.27. The molecule has 0 aliphatic carbocycles. The van der Waals surface area contributed by atoms with Crippen molar-refractivity contribution in [2.75, 3.05) is 20.3 Å². The highest BCUT2D eigenvalue weighted by molar-refractivity contribution is 5.81. The Morgan fingerprint density at radius 1 is 1.30 bits per heavy atom. The van der Waals surface area contributed by atoms with Crippen molar-refractivity contribution in [2.24, 2.45) is 0 Å². The first-order valence-corrected chi connectivity index (χ1v) is 6.27. The molecule has 1 aromatic rings. The molecule has 0 saturated heterocycles. The van der Waals surface area contributed by atoms with Crippen molar-refractivity contribution in [1.82, 2.24) is 0 Å². The van der Waals surface area contributed by atoms with Crippen LogP contribution in [0.4, 0.5) is 5.69 Å². The maximum atomic E-state index is 11.2. The van der Waals surface area contributed by atoms with Gasteiger partial charge in [0.25, 0.3) is 0 Å². The molecule has 20 heavy (non-hydrogen) atoms. The Bertz CT molecular complexity index is 418. The largest absolute Gasteiger partial charge is 0.595 e. The fraction of sp³-hybridized carbons (Fsp3) is 0.357. The SMILES string of the molecule is C=CC(=O)OCCCCOc1ccc([NH+]([O-])OC)cc1. The van der Waals surface area contributed by atoms with Crippen molar-refractivity contribution in [2.45, 2.75) is 12.8 Å². The summed E-state index contributed by atoms with van der Waals surface area (Å²) in [5.41, 5.74) is 0.483. The molecule has 0 radical (unpaired) electrons. The normalized spacial score (nSPS) is 11.7. The summed E-state index contributed by atoms with van der Waals surface area (Å²) in [4.78, 5) is 15.4. The number of nitrogens with one attached hydrogen (secondary N) is 1. The van der Waals surface area contributed by atoms with E-state index in [1.807, 2.05) is 0 Å². The van der Waals surface area contributed by atoms with Gasteiger partial charge < -0.3 is 14.7 Å². The molecule has 0 bridgehead atoms. The van der Waals surface area contributed by atoms with Gasteiger partial charge >= 0.3 is 5.97 Å². The van der Waals surface area contributed by atoms with Crippen LogP contribution in [0.2, 0.25) is 0 Å². The first kappa shape index (κ1) is 16.2. The molecule has 6 heteroatoms. The van der Waals surface area contributed by atoms with Crippen LogP contribution in [0.3, 0.4) is 0 Å². The molecular weight excluding hydrogens is 262 g/mol. The Morgan fingerprint density at radius 3 is 2.55 bits per heavy atom. The third-order valence-corrected chi connectivity index (χ3v) is 2.49. The molecule has 0 saturated carbocycles. The maximum absolute atomic E-state index is 11.2. The lowest BCUT2D eigenvalue weighted by atomic mass is 10.3. The molecule has 1 rings (SSSR count). The average Bonchev–Trinajstić information content (AvgIpc) is 2.50. The van der Waals surface area contributed by atoms with Gasteiger partial charge in [0, 0.05) is 18.2 Å². The van der Waals surface area contributed by atoms with E-state index in [9.17, 15) is 10.0 Å². The number of hydrogen-bond acceptors (Lipinski definition) is 5. The van der Waals surface area contributed by atoms with Crippen LogP contribution in [-0.2, 0) is 14.4 Å². The van der Waals surface area contributed by atoms with E-state index in [4.69, 9.17) is 9.47 Å². The van der Waals surface area contributed by atoms with E-state index in [-0.39, 0.29) is 5.23 Å². The summed E-state index contributed by atoms with van der Waals surface area (Å²) in [5, 5.41) is 10.9. The molecule has 0 fully saturated rings. The van der Waals surface area contributed by atoms with Crippen molar-refractivity contribution in [3.05, 3.63) is 42.1 Å². The van der Waals surface area contributed by atoms with Gasteiger partial charge in [0.2, 0.25) is 0 Å². The number of carbonyl (C=O) groups is 1. The fourth-order valence-electron chi connectivity index (χ4n) is 1.43. The number of carbonyl (C=O) groups excluding carboxylic acids is 1. The third-order valence-electron chi connectivity index (χ3n) is 2.49. The molecule has 0 amide bonds. The second-order valence-electron chi connectivity index (χ2n) is 3.94. The van der Waals surface area contributed by atoms with Gasteiger partial charge in [0.1, 0.15) is 5.75 Å². The second-order valence-corrected chi connectivity index (χ2v) is 3.94. The number of ether oxygens (including phenoxy) is 2. The number of unbranched alkanes of at least 4 members (excludes halogenated alkanes) is 1. The standard InChI is InChI=1S/C14H19NO5/c1-3-14(16)20-11-5-4-10-19-13-8-6-12(7-9-13)15(17)18-2/h3,6-9,15H,1,4-5,10-11H2,2H3. The van der Waals surface area contributed by atoms with E-state index in [2.05, 4.69) is 11.4 Å². The van der Waals surface area contributed by atoms with Crippen LogP contribution in [0.15, 0.2) is 36.9 Å². The van der Waals surface area contributed by atoms with Crippen molar-refractivity contribution < 1.29 is 24.3 Å². The molecule has 0 aliphatic heterocycles. The van der Waals surface area contributed by atoms with Gasteiger partial charge in [-0.05, 0) is 25.0 Å².